The maximum atomic E-state index is 12.4. The second-order valence-corrected chi connectivity index (χ2v) is 11.4. The summed E-state index contributed by atoms with van der Waals surface area (Å²) < 4.78 is 51.9. The molecular weight excluding hydrogens is 645 g/mol. The highest BCUT2D eigenvalue weighted by atomic mass is 35.5. The number of quaternary nitrogens is 1. The molecule has 3 aromatic rings. The van der Waals surface area contributed by atoms with Gasteiger partial charge in [0, 0.05) is 6.07 Å². The number of ether oxygens (including phenoxy) is 3. The quantitative estimate of drug-likeness (QED) is 0.0609. The second-order valence-electron chi connectivity index (χ2n) is 10.1. The molecule has 1 atom stereocenters. The first-order chi connectivity index (χ1) is 22.0. The number of carbonyl (C=O) groups is 1. The van der Waals surface area contributed by atoms with E-state index in [1.807, 2.05) is 37.3 Å². The number of rotatable bonds is 11. The number of hydrogen-bond acceptors (Lipinski definition) is 10. The molecule has 15 heteroatoms. The summed E-state index contributed by atoms with van der Waals surface area (Å²) in [5.41, 5.74) is 8.51. The van der Waals surface area contributed by atoms with Crippen molar-refractivity contribution < 1.29 is 37.6 Å². The van der Waals surface area contributed by atoms with Crippen LogP contribution in [0.3, 0.4) is 0 Å². The van der Waals surface area contributed by atoms with Crippen molar-refractivity contribution in [2.45, 2.75) is 39.7 Å². The number of halogens is 4. The Kier molecular flexibility index (Phi) is 12.0. The number of aliphatic imine (C=N–C) groups is 2. The number of nitrogens with zero attached hydrogens (tertiary/aromatic N) is 4. The average Bonchev–Trinajstić information content (AvgIpc) is 3.52. The average molecular weight is 678 g/mol. The van der Waals surface area contributed by atoms with Crippen LogP contribution in [0.25, 0.3) is 0 Å². The molecule has 3 N–H and O–H groups in total. The topological polar surface area (TPSA) is 114 Å². The number of anilines is 1. The van der Waals surface area contributed by atoms with Gasteiger partial charge >= 0.3 is 12.3 Å². The lowest BCUT2D eigenvalue weighted by Crippen LogP contribution is -2.81. The number of thioether (sulfide) groups is 1. The van der Waals surface area contributed by atoms with E-state index in [-0.39, 0.29) is 23.6 Å². The standard InChI is InChI=1S/C31H32ClF3N6O4S/c1-5-21-14-25(43-4)15-26(32)27(21)38-30(46-18-44-29(42)19(2)3)39-37-16-20-6-8-22(9-7-20)28-36-17-41(40-28)23-10-12-24(13-11-23)45-31(33,34)35/h6-17,19,28,40H,5,18H2,1-4H3,(H,38,39)/p+1. The molecule has 0 amide bonds. The van der Waals surface area contributed by atoms with Crippen molar-refractivity contribution in [2.75, 3.05) is 18.1 Å². The van der Waals surface area contributed by atoms with Gasteiger partial charge in [0.05, 0.1) is 35.6 Å². The minimum Gasteiger partial charge on any atom is -0.497 e. The molecule has 0 radical (unpaired) electrons. The molecule has 46 heavy (non-hydrogen) atoms. The maximum absolute atomic E-state index is 12.4. The summed E-state index contributed by atoms with van der Waals surface area (Å²) in [4.78, 5) is 21.2. The Morgan fingerprint density at radius 2 is 1.87 bits per heavy atom. The lowest BCUT2D eigenvalue weighted by atomic mass is 10.1. The molecule has 0 aromatic heterocycles. The first-order valence-electron chi connectivity index (χ1n) is 14.1. The summed E-state index contributed by atoms with van der Waals surface area (Å²) in [6.45, 7) is 5.52. The van der Waals surface area contributed by atoms with Gasteiger partial charge in [0.15, 0.2) is 0 Å². The van der Waals surface area contributed by atoms with Gasteiger partial charge in [0.2, 0.25) is 0 Å². The minimum atomic E-state index is -4.75. The van der Waals surface area contributed by atoms with Crippen molar-refractivity contribution in [3.05, 3.63) is 82.4 Å². The van der Waals surface area contributed by atoms with Crippen LogP contribution < -0.4 is 25.3 Å². The third-order valence-electron chi connectivity index (χ3n) is 6.44. The van der Waals surface area contributed by atoms with Crippen molar-refractivity contribution in [3.63, 3.8) is 0 Å². The van der Waals surface area contributed by atoms with Crippen LogP contribution >= 0.6 is 23.4 Å². The SMILES string of the molecule is CCc1cc(OC)cc(Cl)c1N=C([NH2+]N=Cc1ccc(C2N=CN(c3ccc(OC(F)(F)F)cc3)N2)cc1)SCOC(=O)C(C)C. The fourth-order valence-electron chi connectivity index (χ4n) is 4.06. The number of alkyl halides is 3. The maximum Gasteiger partial charge on any atom is 0.573 e. The van der Waals surface area contributed by atoms with E-state index in [2.05, 4.69) is 20.3 Å². The lowest BCUT2D eigenvalue weighted by Gasteiger charge is -2.18. The molecule has 0 bridgehead atoms. The summed E-state index contributed by atoms with van der Waals surface area (Å²) in [5.74, 6) is -0.185. The molecule has 0 fully saturated rings. The van der Waals surface area contributed by atoms with Crippen LogP contribution in [-0.2, 0) is 16.0 Å². The molecule has 0 aliphatic carbocycles. The largest absolute Gasteiger partial charge is 0.573 e. The lowest BCUT2D eigenvalue weighted by molar-refractivity contribution is -0.539. The van der Waals surface area contributed by atoms with Gasteiger partial charge in [-0.25, -0.2) is 4.99 Å². The van der Waals surface area contributed by atoms with E-state index in [0.717, 1.165) is 16.7 Å². The number of amidine groups is 1. The van der Waals surface area contributed by atoms with E-state index in [0.29, 0.717) is 33.7 Å². The Hall–Kier alpha value is -4.11. The van der Waals surface area contributed by atoms with E-state index in [1.54, 1.807) is 50.0 Å². The molecule has 1 aliphatic rings. The van der Waals surface area contributed by atoms with Crippen LogP contribution in [0.1, 0.15) is 43.6 Å². The van der Waals surface area contributed by atoms with Gasteiger partial charge in [0.25, 0.3) is 5.17 Å². The zero-order chi connectivity index (χ0) is 33.3. The number of hydrazine groups is 1. The summed E-state index contributed by atoms with van der Waals surface area (Å²) in [6, 6.07) is 16.6. The fraction of sp³-hybridized carbons (Fsp3) is 0.290. The Morgan fingerprint density at radius 3 is 2.50 bits per heavy atom. The number of carbonyl (C=O) groups excluding carboxylic acids is 1. The molecule has 1 heterocycles. The molecule has 244 valence electrons. The number of methoxy groups -OCH3 is 1. The normalized spacial score (nSPS) is 15.2. The molecule has 1 unspecified atom stereocenters. The molecule has 10 nitrogen and oxygen atoms in total. The zero-order valence-corrected chi connectivity index (χ0v) is 27.0. The van der Waals surface area contributed by atoms with Gasteiger partial charge in [-0.15, -0.1) is 13.2 Å². The highest BCUT2D eigenvalue weighted by molar-refractivity contribution is 8.13. The van der Waals surface area contributed by atoms with Gasteiger partial charge in [-0.3, -0.25) is 9.80 Å². The third-order valence-corrected chi connectivity index (χ3v) is 7.45. The summed E-state index contributed by atoms with van der Waals surface area (Å²) >= 11 is 7.76. The summed E-state index contributed by atoms with van der Waals surface area (Å²) in [7, 11) is 1.57. The van der Waals surface area contributed by atoms with Gasteiger partial charge in [-0.2, -0.15) is 15.8 Å². The Balaban J connectivity index is 1.41. The van der Waals surface area contributed by atoms with Crippen LogP contribution in [0, 0.1) is 5.92 Å². The predicted octanol–water partition coefficient (Wildman–Crippen LogP) is 6.34. The van der Waals surface area contributed by atoms with Crippen LogP contribution in [0.5, 0.6) is 11.5 Å². The van der Waals surface area contributed by atoms with Gasteiger partial charge in [0.1, 0.15) is 29.9 Å². The van der Waals surface area contributed by atoms with E-state index in [1.165, 1.54) is 36.0 Å². The van der Waals surface area contributed by atoms with Crippen LogP contribution in [0.15, 0.2) is 75.7 Å². The number of aryl methyl sites for hydroxylation is 1. The highest BCUT2D eigenvalue weighted by Gasteiger charge is 2.31. The van der Waals surface area contributed by atoms with Crippen molar-refractivity contribution in [3.8, 4) is 11.5 Å². The van der Waals surface area contributed by atoms with Crippen LogP contribution in [0.4, 0.5) is 24.5 Å². The van der Waals surface area contributed by atoms with Gasteiger partial charge in [-0.1, -0.05) is 61.7 Å². The fourth-order valence-corrected chi connectivity index (χ4v) is 4.92. The van der Waals surface area contributed by atoms with E-state index < -0.39 is 12.5 Å². The van der Waals surface area contributed by atoms with Crippen molar-refractivity contribution >= 4 is 58.4 Å². The number of benzene rings is 3. The molecule has 1 aliphatic heterocycles. The van der Waals surface area contributed by atoms with E-state index >= 15 is 0 Å². The first-order valence-corrected chi connectivity index (χ1v) is 15.5. The molecule has 0 spiro atoms. The molecule has 4 rings (SSSR count). The molecular formula is C31H33ClF3N6O4S+. The third kappa shape index (κ3) is 9.94. The highest BCUT2D eigenvalue weighted by Crippen LogP contribution is 2.34. The van der Waals surface area contributed by atoms with Crippen molar-refractivity contribution in [1.29, 1.82) is 0 Å². The Morgan fingerprint density at radius 1 is 1.15 bits per heavy atom. The van der Waals surface area contributed by atoms with Crippen molar-refractivity contribution in [2.24, 2.45) is 21.0 Å². The Bertz CT molecular complexity index is 1580. The van der Waals surface area contributed by atoms with Crippen LogP contribution in [-0.4, -0.2) is 43.1 Å². The van der Waals surface area contributed by atoms with E-state index in [4.69, 9.17) is 26.1 Å². The first kappa shape index (κ1) is 34.8. The predicted molar refractivity (Wildman–Crippen MR) is 174 cm³/mol. The molecule has 0 saturated heterocycles. The van der Waals surface area contributed by atoms with Gasteiger partial charge in [-0.05, 0) is 65.2 Å². The van der Waals surface area contributed by atoms with Crippen LogP contribution in [0.2, 0.25) is 5.02 Å². The minimum absolute atomic E-state index is 0.0587. The number of esters is 1. The smallest absolute Gasteiger partial charge is 0.497 e. The number of hydrogen-bond donors (Lipinski definition) is 2. The summed E-state index contributed by atoms with van der Waals surface area (Å²) in [5, 5.41) is 6.99. The second kappa shape index (κ2) is 15.9. The summed E-state index contributed by atoms with van der Waals surface area (Å²) in [6.07, 6.45) is -1.25. The Labute approximate surface area is 273 Å². The number of nitrogens with one attached hydrogen (secondary N) is 1. The van der Waals surface area contributed by atoms with Gasteiger partial charge < -0.3 is 14.2 Å². The zero-order valence-electron chi connectivity index (χ0n) is 25.4. The molecule has 0 saturated carbocycles. The molecule has 3 aromatic carbocycles. The number of nitrogens with two attached hydrogens (primary N) is 1. The van der Waals surface area contributed by atoms with Crippen molar-refractivity contribution in [1.82, 2.24) is 5.43 Å². The van der Waals surface area contributed by atoms with E-state index in [9.17, 15) is 18.0 Å². The monoisotopic (exact) mass is 677 g/mol.